The lowest BCUT2D eigenvalue weighted by atomic mass is 9.85. The number of rotatable bonds is 6. The van der Waals surface area contributed by atoms with Crippen LogP contribution in [0.3, 0.4) is 0 Å². The maximum absolute atomic E-state index is 11.6. The Hall–Kier alpha value is -2.73. The number of likely N-dealkylation sites (tertiary alicyclic amines) is 1. The van der Waals surface area contributed by atoms with Gasteiger partial charge in [-0.25, -0.2) is 0 Å². The molecule has 1 atom stereocenters. The van der Waals surface area contributed by atoms with Gasteiger partial charge in [0.15, 0.2) is 11.5 Å². The number of carbonyl (C=O) groups is 1. The number of hydrogen-bond donors (Lipinski definition) is 2. The van der Waals surface area contributed by atoms with Crippen molar-refractivity contribution in [3.8, 4) is 17.2 Å². The Morgan fingerprint density at radius 1 is 1.09 bits per heavy atom. The van der Waals surface area contributed by atoms with E-state index in [0.717, 1.165) is 62.4 Å². The molecular formula is C26H32N2O4. The van der Waals surface area contributed by atoms with Crippen molar-refractivity contribution in [3.05, 3.63) is 47.0 Å². The lowest BCUT2D eigenvalue weighted by Gasteiger charge is -2.23. The van der Waals surface area contributed by atoms with Crippen LogP contribution in [0, 0.1) is 0 Å². The third-order valence-electron chi connectivity index (χ3n) is 7.19. The molecular weight excluding hydrogens is 404 g/mol. The number of fused-ring (bicyclic) bond motifs is 1. The molecule has 6 heteroatoms. The predicted octanol–water partition coefficient (Wildman–Crippen LogP) is 4.77. The number of phenols is 1. The quantitative estimate of drug-likeness (QED) is 0.639. The van der Waals surface area contributed by atoms with E-state index in [0.29, 0.717) is 24.3 Å². The first-order valence-electron chi connectivity index (χ1n) is 11.8. The van der Waals surface area contributed by atoms with E-state index in [9.17, 15) is 9.90 Å². The molecule has 2 fully saturated rings. The van der Waals surface area contributed by atoms with E-state index in [2.05, 4.69) is 28.4 Å². The summed E-state index contributed by atoms with van der Waals surface area (Å²) in [7, 11) is 0. The summed E-state index contributed by atoms with van der Waals surface area (Å²) in [6.07, 6.45) is 6.72. The van der Waals surface area contributed by atoms with E-state index in [1.807, 2.05) is 12.1 Å². The molecule has 2 heterocycles. The van der Waals surface area contributed by atoms with Crippen LogP contribution in [0.25, 0.3) is 0 Å². The summed E-state index contributed by atoms with van der Waals surface area (Å²) in [5.41, 5.74) is 4.16. The van der Waals surface area contributed by atoms with Crippen LogP contribution in [0.15, 0.2) is 30.3 Å². The smallest absolute Gasteiger partial charge is 0.231 e. The van der Waals surface area contributed by atoms with Gasteiger partial charge in [0.05, 0.1) is 5.69 Å². The van der Waals surface area contributed by atoms with Crippen LogP contribution in [-0.2, 0) is 11.2 Å². The summed E-state index contributed by atoms with van der Waals surface area (Å²) in [6, 6.07) is 10.2. The van der Waals surface area contributed by atoms with Crippen molar-refractivity contribution < 1.29 is 19.4 Å². The molecule has 2 aliphatic heterocycles. The van der Waals surface area contributed by atoms with E-state index >= 15 is 0 Å². The number of amides is 1. The van der Waals surface area contributed by atoms with Crippen LogP contribution >= 0.6 is 0 Å². The van der Waals surface area contributed by atoms with Gasteiger partial charge in [0.25, 0.3) is 0 Å². The fourth-order valence-electron chi connectivity index (χ4n) is 5.59. The second-order valence-corrected chi connectivity index (χ2v) is 9.35. The normalized spacial score (nSPS) is 20.7. The van der Waals surface area contributed by atoms with Crippen LogP contribution < -0.4 is 14.8 Å². The van der Waals surface area contributed by atoms with Gasteiger partial charge in [-0.2, -0.15) is 0 Å². The zero-order valence-electron chi connectivity index (χ0n) is 18.7. The van der Waals surface area contributed by atoms with Crippen molar-refractivity contribution in [1.29, 1.82) is 0 Å². The summed E-state index contributed by atoms with van der Waals surface area (Å²) in [4.78, 5) is 14.1. The van der Waals surface area contributed by atoms with Crippen molar-refractivity contribution in [1.82, 2.24) is 4.90 Å². The molecule has 0 radical (unpaired) electrons. The van der Waals surface area contributed by atoms with E-state index in [4.69, 9.17) is 9.47 Å². The molecule has 6 nitrogen and oxygen atoms in total. The molecule has 5 rings (SSSR count). The molecule has 0 bridgehead atoms. The van der Waals surface area contributed by atoms with Gasteiger partial charge in [-0.3, -0.25) is 4.79 Å². The number of carbonyl (C=O) groups excluding carboxylic acids is 1. The molecule has 2 aromatic carbocycles. The summed E-state index contributed by atoms with van der Waals surface area (Å²) in [6.45, 7) is 4.86. The van der Waals surface area contributed by atoms with Crippen LogP contribution in [0.1, 0.15) is 67.6 Å². The van der Waals surface area contributed by atoms with Crippen LogP contribution in [-0.4, -0.2) is 42.3 Å². The lowest BCUT2D eigenvalue weighted by Crippen LogP contribution is -2.23. The number of ether oxygens (including phenoxy) is 2. The number of anilines is 1. The Labute approximate surface area is 189 Å². The zero-order chi connectivity index (χ0) is 22.1. The number of benzene rings is 2. The largest absolute Gasteiger partial charge is 0.505 e. The molecule has 0 aromatic heterocycles. The van der Waals surface area contributed by atoms with Gasteiger partial charge in [0.1, 0.15) is 5.75 Å². The van der Waals surface area contributed by atoms with Gasteiger partial charge in [0.2, 0.25) is 12.7 Å². The van der Waals surface area contributed by atoms with Gasteiger partial charge in [-0.1, -0.05) is 25.0 Å². The van der Waals surface area contributed by atoms with Crippen LogP contribution in [0.5, 0.6) is 17.2 Å². The topological polar surface area (TPSA) is 71.0 Å². The average Bonchev–Trinajstić information content (AvgIpc) is 3.54. The predicted molar refractivity (Wildman–Crippen MR) is 124 cm³/mol. The van der Waals surface area contributed by atoms with Crippen molar-refractivity contribution in [2.24, 2.45) is 0 Å². The molecule has 32 heavy (non-hydrogen) atoms. The number of phenolic OH excluding ortho intramolecular Hbond substituents is 1. The zero-order valence-corrected chi connectivity index (χ0v) is 18.7. The fraction of sp³-hybridized carbons (Fsp3) is 0.500. The summed E-state index contributed by atoms with van der Waals surface area (Å²) >= 11 is 0. The van der Waals surface area contributed by atoms with Crippen LogP contribution in [0.4, 0.5) is 5.69 Å². The maximum Gasteiger partial charge on any atom is 0.231 e. The molecule has 0 unspecified atom stereocenters. The van der Waals surface area contributed by atoms with Gasteiger partial charge in [-0.05, 0) is 73.4 Å². The molecule has 2 N–H and O–H groups in total. The maximum atomic E-state index is 11.6. The minimum Gasteiger partial charge on any atom is -0.505 e. The molecule has 2 aromatic rings. The highest BCUT2D eigenvalue weighted by molar-refractivity contribution is 5.90. The summed E-state index contributed by atoms with van der Waals surface area (Å²) in [5.74, 6) is 2.61. The number of hydrogen-bond acceptors (Lipinski definition) is 5. The first-order valence-corrected chi connectivity index (χ1v) is 11.8. The van der Waals surface area contributed by atoms with Gasteiger partial charge in [0, 0.05) is 25.6 Å². The molecule has 3 aliphatic rings. The Balaban J connectivity index is 1.29. The van der Waals surface area contributed by atoms with Crippen LogP contribution in [0.2, 0.25) is 0 Å². The molecule has 170 valence electrons. The SMILES string of the molecule is CC(=O)Nc1ccc([C@@H]2CCN(CCc3ccc4c(c3)OCO4)C2)c(C2CCCC2)c1O. The highest BCUT2D eigenvalue weighted by Crippen LogP contribution is 2.46. The van der Waals surface area contributed by atoms with Crippen molar-refractivity contribution in [2.75, 3.05) is 31.7 Å². The first-order chi connectivity index (χ1) is 15.6. The van der Waals surface area contributed by atoms with Gasteiger partial charge < -0.3 is 24.8 Å². The second kappa shape index (κ2) is 9.02. The van der Waals surface area contributed by atoms with Gasteiger partial charge >= 0.3 is 0 Å². The molecule has 1 saturated heterocycles. The first kappa shape index (κ1) is 21.1. The van der Waals surface area contributed by atoms with Crippen molar-refractivity contribution >= 4 is 11.6 Å². The minimum absolute atomic E-state index is 0.152. The molecule has 1 aliphatic carbocycles. The van der Waals surface area contributed by atoms with Crippen molar-refractivity contribution in [2.45, 2.75) is 57.3 Å². The molecule has 0 spiro atoms. The lowest BCUT2D eigenvalue weighted by molar-refractivity contribution is -0.114. The summed E-state index contributed by atoms with van der Waals surface area (Å²) < 4.78 is 10.9. The monoisotopic (exact) mass is 436 g/mol. The molecule has 1 saturated carbocycles. The fourth-order valence-corrected chi connectivity index (χ4v) is 5.59. The van der Waals surface area contributed by atoms with E-state index in [1.54, 1.807) is 0 Å². The Bertz CT molecular complexity index is 1000. The second-order valence-electron chi connectivity index (χ2n) is 9.35. The van der Waals surface area contributed by atoms with E-state index in [1.165, 1.54) is 30.9 Å². The van der Waals surface area contributed by atoms with E-state index < -0.39 is 0 Å². The standard InChI is InChI=1S/C26H32N2O4/c1-17(29)27-22-8-7-21(25(26(22)30)19-4-2-3-5-19)20-11-13-28(15-20)12-10-18-6-9-23-24(14-18)32-16-31-23/h6-9,14,19-20,30H,2-5,10-13,15-16H2,1H3,(H,27,29)/t20-/m1/s1. The molecule has 1 amide bonds. The third kappa shape index (κ3) is 4.29. The number of aromatic hydroxyl groups is 1. The van der Waals surface area contributed by atoms with Gasteiger partial charge in [-0.15, -0.1) is 0 Å². The average molecular weight is 437 g/mol. The summed E-state index contributed by atoms with van der Waals surface area (Å²) in [5, 5.41) is 13.9. The Morgan fingerprint density at radius 3 is 2.72 bits per heavy atom. The van der Waals surface area contributed by atoms with Crippen molar-refractivity contribution in [3.63, 3.8) is 0 Å². The highest BCUT2D eigenvalue weighted by Gasteiger charge is 2.31. The number of nitrogens with zero attached hydrogens (tertiary/aromatic N) is 1. The Morgan fingerprint density at radius 2 is 1.91 bits per heavy atom. The minimum atomic E-state index is -0.152. The third-order valence-corrected chi connectivity index (χ3v) is 7.19. The highest BCUT2D eigenvalue weighted by atomic mass is 16.7. The number of nitrogens with one attached hydrogen (secondary N) is 1. The Kier molecular flexibility index (Phi) is 5.96. The van der Waals surface area contributed by atoms with E-state index in [-0.39, 0.29) is 11.7 Å².